The van der Waals surface area contributed by atoms with E-state index >= 15 is 0 Å². The number of carbonyl (C=O) groups is 1. The molecule has 1 aliphatic carbocycles. The van der Waals surface area contributed by atoms with E-state index < -0.39 is 0 Å². The van der Waals surface area contributed by atoms with E-state index in [1.54, 1.807) is 6.33 Å². The molecule has 6 rings (SSSR count). The summed E-state index contributed by atoms with van der Waals surface area (Å²) in [6, 6.07) is 10.9. The number of nitrogens with one attached hydrogen (secondary N) is 1. The molecule has 8 heteroatoms. The molecule has 33 heavy (non-hydrogen) atoms. The van der Waals surface area contributed by atoms with Crippen LogP contribution in [0.1, 0.15) is 42.1 Å². The van der Waals surface area contributed by atoms with Gasteiger partial charge in [0.25, 0.3) is 5.91 Å². The van der Waals surface area contributed by atoms with Crippen LogP contribution in [0.2, 0.25) is 0 Å². The largest absolute Gasteiger partial charge is 0.356 e. The molecule has 1 saturated carbocycles. The first-order chi connectivity index (χ1) is 16.2. The van der Waals surface area contributed by atoms with Gasteiger partial charge in [-0.2, -0.15) is 5.10 Å². The third-order valence-corrected chi connectivity index (χ3v) is 6.95. The van der Waals surface area contributed by atoms with Crippen LogP contribution in [0.4, 0.5) is 5.82 Å². The van der Waals surface area contributed by atoms with E-state index in [1.807, 2.05) is 47.6 Å². The van der Waals surface area contributed by atoms with E-state index in [9.17, 15) is 4.79 Å². The van der Waals surface area contributed by atoms with Crippen LogP contribution in [0.3, 0.4) is 0 Å². The van der Waals surface area contributed by atoms with Gasteiger partial charge >= 0.3 is 0 Å². The average Bonchev–Trinajstić information content (AvgIpc) is 3.39. The molecule has 0 unspecified atom stereocenters. The number of aromatic nitrogens is 5. The second-order valence-electron chi connectivity index (χ2n) is 9.09. The quantitative estimate of drug-likeness (QED) is 0.508. The number of hydrogen-bond donors (Lipinski definition) is 1. The van der Waals surface area contributed by atoms with Gasteiger partial charge in [0.05, 0.1) is 17.6 Å². The first kappa shape index (κ1) is 20.0. The van der Waals surface area contributed by atoms with Crippen LogP contribution >= 0.6 is 0 Å². The van der Waals surface area contributed by atoms with E-state index in [1.165, 1.54) is 12.8 Å². The third-order valence-electron chi connectivity index (χ3n) is 6.95. The monoisotopic (exact) mass is 441 g/mol. The molecule has 2 fully saturated rings. The second kappa shape index (κ2) is 8.03. The first-order valence-corrected chi connectivity index (χ1v) is 11.6. The van der Waals surface area contributed by atoms with Crippen molar-refractivity contribution >= 4 is 22.8 Å². The zero-order chi connectivity index (χ0) is 22.4. The molecule has 1 N–H and O–H groups in total. The van der Waals surface area contributed by atoms with Crippen molar-refractivity contribution in [3.05, 3.63) is 60.8 Å². The average molecular weight is 442 g/mol. The molecule has 0 atom stereocenters. The second-order valence-corrected chi connectivity index (χ2v) is 9.09. The lowest BCUT2D eigenvalue weighted by molar-refractivity contribution is 0.0713. The fraction of sp³-hybridized carbons (Fsp3) is 0.360. The summed E-state index contributed by atoms with van der Waals surface area (Å²) in [4.78, 5) is 29.2. The number of nitrogens with zero attached hydrogens (tertiary/aromatic N) is 6. The van der Waals surface area contributed by atoms with Gasteiger partial charge in [-0.1, -0.05) is 12.1 Å². The summed E-state index contributed by atoms with van der Waals surface area (Å²) < 4.78 is 2.05. The molecule has 8 nitrogen and oxygen atoms in total. The topological polar surface area (TPSA) is 82.9 Å². The molecule has 0 bridgehead atoms. The Morgan fingerprint density at radius 3 is 2.58 bits per heavy atom. The smallest absolute Gasteiger partial charge is 0.253 e. The van der Waals surface area contributed by atoms with Crippen LogP contribution in [-0.2, 0) is 0 Å². The van der Waals surface area contributed by atoms with E-state index in [0.29, 0.717) is 12.1 Å². The number of rotatable bonds is 5. The van der Waals surface area contributed by atoms with Gasteiger partial charge in [-0.25, -0.2) is 9.97 Å². The Bertz CT molecular complexity index is 1280. The van der Waals surface area contributed by atoms with Crippen LogP contribution < -0.4 is 4.90 Å². The first-order valence-electron chi connectivity index (χ1n) is 11.6. The summed E-state index contributed by atoms with van der Waals surface area (Å²) in [5.41, 5.74) is 3.79. The SMILES string of the molecule is CN(c1ncnc2[nH]ccc12)C1CCN(C(=O)c2ccc(-c3cnn(C4CC4)c3)cc2)CC1. The maximum absolute atomic E-state index is 13.1. The molecular weight excluding hydrogens is 414 g/mol. The van der Waals surface area contributed by atoms with Crippen molar-refractivity contribution in [1.82, 2.24) is 29.6 Å². The maximum Gasteiger partial charge on any atom is 0.253 e. The maximum atomic E-state index is 13.1. The Morgan fingerprint density at radius 2 is 1.82 bits per heavy atom. The van der Waals surface area contributed by atoms with Gasteiger partial charge in [-0.05, 0) is 49.4 Å². The Morgan fingerprint density at radius 1 is 1.03 bits per heavy atom. The summed E-state index contributed by atoms with van der Waals surface area (Å²) in [6.07, 6.45) is 11.8. The van der Waals surface area contributed by atoms with Gasteiger partial charge in [0.1, 0.15) is 17.8 Å². The van der Waals surface area contributed by atoms with Crippen LogP contribution in [0.25, 0.3) is 22.2 Å². The molecule has 0 radical (unpaired) electrons. The van der Waals surface area contributed by atoms with Gasteiger partial charge in [0, 0.05) is 49.7 Å². The van der Waals surface area contributed by atoms with Crippen LogP contribution in [0, 0.1) is 0 Å². The number of amides is 1. The molecule has 3 aromatic heterocycles. The number of hydrogen-bond acceptors (Lipinski definition) is 5. The summed E-state index contributed by atoms with van der Waals surface area (Å²) in [5, 5.41) is 5.50. The minimum atomic E-state index is 0.103. The summed E-state index contributed by atoms with van der Waals surface area (Å²) in [7, 11) is 2.08. The molecule has 1 amide bonds. The highest BCUT2D eigenvalue weighted by Crippen LogP contribution is 2.35. The van der Waals surface area contributed by atoms with Gasteiger partial charge in [0.2, 0.25) is 0 Å². The van der Waals surface area contributed by atoms with Crippen molar-refractivity contribution in [1.29, 1.82) is 0 Å². The van der Waals surface area contributed by atoms with Gasteiger partial charge in [-0.15, -0.1) is 0 Å². The van der Waals surface area contributed by atoms with E-state index in [0.717, 1.165) is 59.5 Å². The van der Waals surface area contributed by atoms with Crippen molar-refractivity contribution < 1.29 is 4.79 Å². The van der Waals surface area contributed by atoms with Crippen molar-refractivity contribution in [2.24, 2.45) is 0 Å². The molecule has 1 aromatic carbocycles. The zero-order valence-electron chi connectivity index (χ0n) is 18.7. The molecule has 168 valence electrons. The Kier molecular flexibility index (Phi) is 4.86. The molecule has 4 aromatic rings. The Hall–Kier alpha value is -3.68. The minimum Gasteiger partial charge on any atom is -0.356 e. The van der Waals surface area contributed by atoms with Crippen molar-refractivity contribution in [3.63, 3.8) is 0 Å². The molecule has 0 spiro atoms. The highest BCUT2D eigenvalue weighted by Gasteiger charge is 2.28. The number of piperidine rings is 1. The number of carbonyl (C=O) groups excluding carboxylic acids is 1. The number of fused-ring (bicyclic) bond motifs is 1. The third kappa shape index (κ3) is 3.75. The zero-order valence-corrected chi connectivity index (χ0v) is 18.7. The fourth-order valence-electron chi connectivity index (χ4n) is 4.78. The van der Waals surface area contributed by atoms with Crippen LogP contribution in [-0.4, -0.2) is 61.7 Å². The molecule has 1 saturated heterocycles. The van der Waals surface area contributed by atoms with Crippen LogP contribution in [0.15, 0.2) is 55.2 Å². The van der Waals surface area contributed by atoms with Gasteiger partial charge < -0.3 is 14.8 Å². The van der Waals surface area contributed by atoms with E-state index in [4.69, 9.17) is 0 Å². The highest BCUT2D eigenvalue weighted by molar-refractivity contribution is 5.95. The predicted octanol–water partition coefficient (Wildman–Crippen LogP) is 3.90. The lowest BCUT2D eigenvalue weighted by Crippen LogP contribution is -2.46. The number of aromatic amines is 1. The number of likely N-dealkylation sites (tertiary alicyclic amines) is 1. The highest BCUT2D eigenvalue weighted by atomic mass is 16.2. The van der Waals surface area contributed by atoms with Crippen LogP contribution in [0.5, 0.6) is 0 Å². The molecule has 2 aliphatic rings. The number of H-pyrrole nitrogens is 1. The standard InChI is InChI=1S/C25H27N7O/c1-30(24-22-8-11-26-23(22)27-16-28-24)20-9-12-31(13-10-20)25(33)18-4-2-17(3-5-18)19-14-29-32(15-19)21-6-7-21/h2-5,8,11,14-16,20-21H,6-7,9-10,12-13H2,1H3,(H,26,27,28). The molecular formula is C25H27N7O. The van der Waals surface area contributed by atoms with Gasteiger partial charge in [0.15, 0.2) is 0 Å². The predicted molar refractivity (Wildman–Crippen MR) is 127 cm³/mol. The van der Waals surface area contributed by atoms with E-state index in [-0.39, 0.29) is 5.91 Å². The lowest BCUT2D eigenvalue weighted by atomic mass is 10.0. The normalized spacial score (nSPS) is 16.9. The summed E-state index contributed by atoms with van der Waals surface area (Å²) in [6.45, 7) is 1.48. The van der Waals surface area contributed by atoms with Gasteiger partial charge in [-0.3, -0.25) is 9.48 Å². The Balaban J connectivity index is 1.10. The van der Waals surface area contributed by atoms with E-state index in [2.05, 4.69) is 42.9 Å². The van der Waals surface area contributed by atoms with Crippen molar-refractivity contribution in [2.75, 3.05) is 25.0 Å². The molecule has 4 heterocycles. The fourth-order valence-corrected chi connectivity index (χ4v) is 4.78. The number of anilines is 1. The summed E-state index contributed by atoms with van der Waals surface area (Å²) >= 11 is 0. The Labute approximate surface area is 192 Å². The summed E-state index contributed by atoms with van der Waals surface area (Å²) in [5.74, 6) is 1.04. The molecule has 1 aliphatic heterocycles. The van der Waals surface area contributed by atoms with Crippen molar-refractivity contribution in [3.8, 4) is 11.1 Å². The lowest BCUT2D eigenvalue weighted by Gasteiger charge is -2.37. The van der Waals surface area contributed by atoms with Crippen molar-refractivity contribution in [2.45, 2.75) is 37.8 Å². The number of benzene rings is 1. The minimum absolute atomic E-state index is 0.103.